The minimum absolute atomic E-state index is 0.0775. The predicted molar refractivity (Wildman–Crippen MR) is 68.5 cm³/mol. The molecule has 0 N–H and O–H groups in total. The minimum atomic E-state index is -0.380. The molecule has 1 unspecified atom stereocenters. The summed E-state index contributed by atoms with van der Waals surface area (Å²) < 4.78 is 15.2. The molecule has 0 amide bonds. The number of methoxy groups -OCH3 is 3. The number of rotatable bonds is 6. The van der Waals surface area contributed by atoms with Crippen LogP contribution in [0.2, 0.25) is 0 Å². The number of ether oxygens (including phenoxy) is 3. The van der Waals surface area contributed by atoms with Gasteiger partial charge in [0.1, 0.15) is 16.3 Å². The molecule has 0 saturated carbocycles. The summed E-state index contributed by atoms with van der Waals surface area (Å²) >= 11 is 3.28. The average molecular weight is 303 g/mol. The first-order valence-electron chi connectivity index (χ1n) is 5.03. The molecular weight excluding hydrogens is 288 g/mol. The molecule has 1 aromatic carbocycles. The van der Waals surface area contributed by atoms with Crippen LogP contribution in [0.3, 0.4) is 0 Å². The molecule has 0 spiro atoms. The first kappa shape index (κ1) is 14.0. The highest BCUT2D eigenvalue weighted by Gasteiger charge is 2.20. The molecule has 0 aliphatic heterocycles. The van der Waals surface area contributed by atoms with Crippen molar-refractivity contribution in [2.75, 3.05) is 27.9 Å². The fourth-order valence-electron chi connectivity index (χ4n) is 1.39. The average Bonchev–Trinajstić information content (AvgIpc) is 2.37. The van der Waals surface area contributed by atoms with Crippen LogP contribution in [0.4, 0.5) is 0 Å². The van der Waals surface area contributed by atoms with Crippen molar-refractivity contribution in [2.45, 2.75) is 4.83 Å². The second kappa shape index (κ2) is 6.61. The van der Waals surface area contributed by atoms with Crippen molar-refractivity contribution in [3.8, 4) is 11.5 Å². The highest BCUT2D eigenvalue weighted by molar-refractivity contribution is 9.10. The molecule has 0 bridgehead atoms. The second-order valence-corrected chi connectivity index (χ2v) is 4.46. The van der Waals surface area contributed by atoms with Crippen molar-refractivity contribution in [1.82, 2.24) is 0 Å². The Kier molecular flexibility index (Phi) is 5.44. The van der Waals surface area contributed by atoms with Crippen molar-refractivity contribution in [3.63, 3.8) is 0 Å². The van der Waals surface area contributed by atoms with Crippen LogP contribution in [0.1, 0.15) is 10.4 Å². The van der Waals surface area contributed by atoms with E-state index in [-0.39, 0.29) is 10.6 Å². The van der Waals surface area contributed by atoms with Crippen LogP contribution in [0.25, 0.3) is 0 Å². The van der Waals surface area contributed by atoms with Gasteiger partial charge in [0.25, 0.3) is 0 Å². The maximum Gasteiger partial charge on any atom is 0.182 e. The lowest BCUT2D eigenvalue weighted by Crippen LogP contribution is -2.20. The van der Waals surface area contributed by atoms with Gasteiger partial charge in [0.15, 0.2) is 5.78 Å². The Morgan fingerprint density at radius 1 is 1.29 bits per heavy atom. The van der Waals surface area contributed by atoms with Crippen molar-refractivity contribution < 1.29 is 19.0 Å². The largest absolute Gasteiger partial charge is 0.497 e. The van der Waals surface area contributed by atoms with Crippen LogP contribution >= 0.6 is 15.9 Å². The van der Waals surface area contributed by atoms with E-state index in [0.29, 0.717) is 23.7 Å². The zero-order chi connectivity index (χ0) is 12.8. The molecule has 17 heavy (non-hydrogen) atoms. The number of alkyl halides is 1. The highest BCUT2D eigenvalue weighted by Crippen LogP contribution is 2.26. The summed E-state index contributed by atoms with van der Waals surface area (Å²) in [7, 11) is 4.63. The topological polar surface area (TPSA) is 44.8 Å². The predicted octanol–water partition coefficient (Wildman–Crippen LogP) is 2.30. The first-order valence-corrected chi connectivity index (χ1v) is 5.94. The number of hydrogen-bond acceptors (Lipinski definition) is 4. The van der Waals surface area contributed by atoms with Gasteiger partial charge in [-0.2, -0.15) is 0 Å². The molecule has 1 atom stereocenters. The van der Waals surface area contributed by atoms with E-state index in [1.54, 1.807) is 32.4 Å². The standard InChI is InChI=1S/C12H15BrO4/c1-15-7-10(13)12(14)9-5-4-8(16-2)6-11(9)17-3/h4-6,10H,7H2,1-3H3. The summed E-state index contributed by atoms with van der Waals surface area (Å²) in [6.45, 7) is 0.314. The van der Waals surface area contributed by atoms with Gasteiger partial charge in [-0.3, -0.25) is 4.79 Å². The van der Waals surface area contributed by atoms with Crippen molar-refractivity contribution in [3.05, 3.63) is 23.8 Å². The molecule has 0 heterocycles. The minimum Gasteiger partial charge on any atom is -0.497 e. The van der Waals surface area contributed by atoms with Crippen LogP contribution < -0.4 is 9.47 Å². The number of hydrogen-bond donors (Lipinski definition) is 0. The number of Topliss-reactive ketones (excluding diaryl/α,β-unsaturated/α-hetero) is 1. The Bertz CT molecular complexity index is 392. The molecule has 0 saturated heterocycles. The Morgan fingerprint density at radius 3 is 2.53 bits per heavy atom. The van der Waals surface area contributed by atoms with Crippen LogP contribution in [-0.2, 0) is 4.74 Å². The fraction of sp³-hybridized carbons (Fsp3) is 0.417. The molecule has 1 rings (SSSR count). The normalized spacial score (nSPS) is 12.0. The summed E-state index contributed by atoms with van der Waals surface area (Å²) in [6, 6.07) is 5.09. The lowest BCUT2D eigenvalue weighted by atomic mass is 10.1. The monoisotopic (exact) mass is 302 g/mol. The summed E-state index contributed by atoms with van der Waals surface area (Å²) in [5.74, 6) is 1.07. The van der Waals surface area contributed by atoms with Gasteiger partial charge in [-0.05, 0) is 12.1 Å². The Balaban J connectivity index is 3.00. The summed E-state index contributed by atoms with van der Waals surface area (Å²) in [5, 5.41) is 0. The molecular formula is C12H15BrO4. The number of benzene rings is 1. The molecule has 0 fully saturated rings. The maximum atomic E-state index is 12.1. The highest BCUT2D eigenvalue weighted by atomic mass is 79.9. The fourth-order valence-corrected chi connectivity index (χ4v) is 1.90. The third kappa shape index (κ3) is 3.44. The third-order valence-corrected chi connectivity index (χ3v) is 2.95. The quantitative estimate of drug-likeness (QED) is 0.597. The molecule has 0 aliphatic carbocycles. The molecule has 0 aromatic heterocycles. The molecule has 1 aromatic rings. The van der Waals surface area contributed by atoms with E-state index in [1.807, 2.05) is 0 Å². The van der Waals surface area contributed by atoms with Crippen molar-refractivity contribution in [2.24, 2.45) is 0 Å². The van der Waals surface area contributed by atoms with Gasteiger partial charge in [-0.1, -0.05) is 15.9 Å². The van der Waals surface area contributed by atoms with Gasteiger partial charge >= 0.3 is 0 Å². The number of carbonyl (C=O) groups is 1. The SMILES string of the molecule is COCC(Br)C(=O)c1ccc(OC)cc1OC. The first-order chi connectivity index (χ1) is 8.13. The lowest BCUT2D eigenvalue weighted by Gasteiger charge is -2.12. The second-order valence-electron chi connectivity index (χ2n) is 3.35. The number of carbonyl (C=O) groups excluding carboxylic acids is 1. The number of ketones is 1. The van der Waals surface area contributed by atoms with E-state index in [4.69, 9.17) is 14.2 Å². The van der Waals surface area contributed by atoms with Crippen molar-refractivity contribution in [1.29, 1.82) is 0 Å². The van der Waals surface area contributed by atoms with Crippen LogP contribution in [0.15, 0.2) is 18.2 Å². The van der Waals surface area contributed by atoms with Crippen LogP contribution in [0, 0.1) is 0 Å². The zero-order valence-electron chi connectivity index (χ0n) is 10.0. The third-order valence-electron chi connectivity index (χ3n) is 2.27. The summed E-state index contributed by atoms with van der Waals surface area (Å²) in [4.78, 5) is 11.7. The molecule has 0 aliphatic rings. The van der Waals surface area contributed by atoms with Crippen LogP contribution in [-0.4, -0.2) is 38.5 Å². The van der Waals surface area contributed by atoms with E-state index in [9.17, 15) is 4.79 Å². The summed E-state index contributed by atoms with van der Waals surface area (Å²) in [5.41, 5.74) is 0.507. The van der Waals surface area contributed by atoms with E-state index in [1.165, 1.54) is 7.11 Å². The number of halogens is 1. The van der Waals surface area contributed by atoms with Crippen LogP contribution in [0.5, 0.6) is 11.5 Å². The van der Waals surface area contributed by atoms with E-state index >= 15 is 0 Å². The van der Waals surface area contributed by atoms with E-state index in [2.05, 4.69) is 15.9 Å². The van der Waals surface area contributed by atoms with E-state index < -0.39 is 0 Å². The maximum absolute atomic E-state index is 12.1. The Hall–Kier alpha value is -1.07. The van der Waals surface area contributed by atoms with Gasteiger partial charge in [0.2, 0.25) is 0 Å². The van der Waals surface area contributed by atoms with Crippen molar-refractivity contribution >= 4 is 21.7 Å². The van der Waals surface area contributed by atoms with Gasteiger partial charge in [0, 0.05) is 13.2 Å². The molecule has 94 valence electrons. The Labute approximate surface area is 109 Å². The van der Waals surface area contributed by atoms with Gasteiger partial charge in [-0.25, -0.2) is 0 Å². The lowest BCUT2D eigenvalue weighted by molar-refractivity contribution is 0.0944. The smallest absolute Gasteiger partial charge is 0.182 e. The zero-order valence-corrected chi connectivity index (χ0v) is 11.6. The molecule has 0 radical (unpaired) electrons. The van der Waals surface area contributed by atoms with Gasteiger partial charge in [-0.15, -0.1) is 0 Å². The van der Waals surface area contributed by atoms with Gasteiger partial charge in [0.05, 0.1) is 26.4 Å². The molecule has 5 heteroatoms. The van der Waals surface area contributed by atoms with E-state index in [0.717, 1.165) is 0 Å². The van der Waals surface area contributed by atoms with Gasteiger partial charge < -0.3 is 14.2 Å². The summed E-state index contributed by atoms with van der Waals surface area (Å²) in [6.07, 6.45) is 0. The molecule has 4 nitrogen and oxygen atoms in total. The Morgan fingerprint density at radius 2 is 2.00 bits per heavy atom.